The number of non-ortho nitro benzene ring substituents is 1. The van der Waals surface area contributed by atoms with Gasteiger partial charge in [-0.3, -0.25) is 30.2 Å². The van der Waals surface area contributed by atoms with Gasteiger partial charge in [-0.15, -0.1) is 0 Å². The molecule has 1 N–H and O–H groups in total. The maximum Gasteiger partial charge on any atom is 0.336 e. The van der Waals surface area contributed by atoms with Gasteiger partial charge in [-0.25, -0.2) is 0 Å². The Balaban J connectivity index is 3.05. The minimum atomic E-state index is -3.37. The van der Waals surface area contributed by atoms with Gasteiger partial charge in [0.2, 0.25) is 0 Å². The molecular weight excluding hydrogens is 367 g/mol. The van der Waals surface area contributed by atoms with Crippen molar-refractivity contribution in [3.63, 3.8) is 0 Å². The molecule has 0 saturated carbocycles. The van der Waals surface area contributed by atoms with E-state index >= 15 is 0 Å². The van der Waals surface area contributed by atoms with E-state index in [1.165, 1.54) is 20.3 Å². The van der Waals surface area contributed by atoms with Crippen LogP contribution in [0.25, 0.3) is 0 Å². The number of anilines is 1. The third-order valence-corrected chi connectivity index (χ3v) is 6.27. The molecule has 0 fully saturated rings. The van der Waals surface area contributed by atoms with Crippen molar-refractivity contribution in [1.29, 1.82) is 0 Å². The molecule has 0 aliphatic carbocycles. The topological polar surface area (TPSA) is 146 Å². The second kappa shape index (κ2) is 8.35. The summed E-state index contributed by atoms with van der Waals surface area (Å²) in [6, 6.07) is 3.18. The van der Waals surface area contributed by atoms with Gasteiger partial charge >= 0.3 is 13.3 Å². The molecule has 0 bridgehead atoms. The molecule has 26 heavy (non-hydrogen) atoms. The number of rotatable bonds is 9. The van der Waals surface area contributed by atoms with Crippen molar-refractivity contribution in [2.75, 3.05) is 19.6 Å². The quantitative estimate of drug-likeness (QED) is 0.289. The number of hydrogen-bond acceptors (Lipinski definition) is 9. The third-order valence-electron chi connectivity index (χ3n) is 3.67. The van der Waals surface area contributed by atoms with E-state index < -0.39 is 34.0 Å². The van der Waals surface area contributed by atoms with E-state index in [-0.39, 0.29) is 12.1 Å². The minimum absolute atomic E-state index is 0.000535. The Bertz CT molecular complexity index is 771. The number of hydrogen-bond donors (Lipinski definition) is 1. The summed E-state index contributed by atoms with van der Waals surface area (Å²) in [6.07, 6.45) is 0.222. The number of nitro groups is 2. The molecule has 1 aromatic rings. The molecule has 1 rings (SSSR count). The van der Waals surface area contributed by atoms with Crippen LogP contribution in [0.2, 0.25) is 0 Å². The summed E-state index contributed by atoms with van der Waals surface area (Å²) >= 11 is 0. The normalized spacial score (nSPS) is 12.7. The molecule has 0 aliphatic rings. The molecule has 0 atom stereocenters. The minimum Gasteiger partial charge on any atom is -0.312 e. The molecule has 0 unspecified atom stereocenters. The summed E-state index contributed by atoms with van der Waals surface area (Å²) in [5, 5.41) is 25.0. The fraction of sp³-hybridized carbons (Fsp3) is 0.500. The maximum absolute atomic E-state index is 12.6. The van der Waals surface area contributed by atoms with Crippen molar-refractivity contribution in [2.45, 2.75) is 32.3 Å². The summed E-state index contributed by atoms with van der Waals surface area (Å²) in [6.45, 7) is 5.02. The number of hydrazone groups is 1. The van der Waals surface area contributed by atoms with Crippen LogP contribution in [-0.2, 0) is 13.6 Å². The van der Waals surface area contributed by atoms with E-state index in [0.29, 0.717) is 5.71 Å². The Morgan fingerprint density at radius 2 is 1.81 bits per heavy atom. The van der Waals surface area contributed by atoms with Gasteiger partial charge in [0, 0.05) is 32.4 Å². The first-order chi connectivity index (χ1) is 12.0. The van der Waals surface area contributed by atoms with Gasteiger partial charge < -0.3 is 9.05 Å². The van der Waals surface area contributed by atoms with Crippen LogP contribution < -0.4 is 5.43 Å². The number of benzene rings is 1. The lowest BCUT2D eigenvalue weighted by Crippen LogP contribution is -2.25. The molecule has 0 aromatic heterocycles. The molecule has 0 spiro atoms. The van der Waals surface area contributed by atoms with Crippen LogP contribution in [0.3, 0.4) is 0 Å². The summed E-state index contributed by atoms with van der Waals surface area (Å²) in [4.78, 5) is 20.4. The average molecular weight is 388 g/mol. The van der Waals surface area contributed by atoms with Gasteiger partial charge in [-0.1, -0.05) is 0 Å². The molecule has 144 valence electrons. The van der Waals surface area contributed by atoms with Crippen molar-refractivity contribution >= 4 is 30.4 Å². The lowest BCUT2D eigenvalue weighted by molar-refractivity contribution is -0.393. The zero-order chi connectivity index (χ0) is 20.1. The van der Waals surface area contributed by atoms with Gasteiger partial charge in [0.1, 0.15) is 5.69 Å². The van der Waals surface area contributed by atoms with Crippen molar-refractivity contribution in [1.82, 2.24) is 0 Å². The summed E-state index contributed by atoms with van der Waals surface area (Å²) in [7, 11) is -0.791. The first-order valence-electron chi connectivity index (χ1n) is 7.41. The summed E-state index contributed by atoms with van der Waals surface area (Å²) < 4.78 is 22.6. The number of nitrogens with one attached hydrogen (secondary N) is 1. The van der Waals surface area contributed by atoms with Gasteiger partial charge in [-0.05, 0) is 26.8 Å². The maximum atomic E-state index is 12.6. The number of nitrogens with zero attached hydrogens (tertiary/aromatic N) is 3. The predicted molar refractivity (Wildman–Crippen MR) is 96.8 cm³/mol. The third kappa shape index (κ3) is 4.84. The first-order valence-corrected chi connectivity index (χ1v) is 8.95. The van der Waals surface area contributed by atoms with Crippen LogP contribution in [0.15, 0.2) is 23.3 Å². The Morgan fingerprint density at radius 3 is 2.27 bits per heavy atom. The zero-order valence-corrected chi connectivity index (χ0v) is 16.0. The Morgan fingerprint density at radius 1 is 1.23 bits per heavy atom. The lowest BCUT2D eigenvalue weighted by Gasteiger charge is -2.30. The van der Waals surface area contributed by atoms with Crippen LogP contribution in [-0.4, -0.2) is 34.9 Å². The number of nitro benzene ring substituents is 2. The second-order valence-corrected chi connectivity index (χ2v) is 8.96. The average Bonchev–Trinajstić information content (AvgIpc) is 2.58. The first kappa shape index (κ1) is 21.7. The highest BCUT2D eigenvalue weighted by Gasteiger charge is 2.42. The molecule has 12 heteroatoms. The largest absolute Gasteiger partial charge is 0.336 e. The standard InChI is InChI=1S/C14H21N4O7P/c1-10(9-14(2,3)26(23,24-4)25-5)15-16-12-7-6-11(17(19)20)8-13(12)18(21)22/h6-8,16H,9H2,1-5H3. The van der Waals surface area contributed by atoms with Crippen LogP contribution in [0, 0.1) is 20.2 Å². The van der Waals surface area contributed by atoms with Crippen LogP contribution in [0.4, 0.5) is 17.1 Å². The van der Waals surface area contributed by atoms with Crippen LogP contribution >= 0.6 is 7.60 Å². The van der Waals surface area contributed by atoms with Crippen molar-refractivity contribution < 1.29 is 23.5 Å². The van der Waals surface area contributed by atoms with E-state index in [2.05, 4.69) is 10.5 Å². The molecule has 0 aliphatic heterocycles. The van der Waals surface area contributed by atoms with Gasteiger partial charge in [0.05, 0.1) is 21.1 Å². The van der Waals surface area contributed by atoms with E-state index in [9.17, 15) is 24.8 Å². The molecular formula is C14H21N4O7P. The molecule has 0 radical (unpaired) electrons. The monoisotopic (exact) mass is 388 g/mol. The van der Waals surface area contributed by atoms with Gasteiger partial charge in [-0.2, -0.15) is 5.10 Å². The molecule has 0 heterocycles. The van der Waals surface area contributed by atoms with E-state index in [4.69, 9.17) is 9.05 Å². The predicted octanol–water partition coefficient (Wildman–Crippen LogP) is 3.95. The van der Waals surface area contributed by atoms with Gasteiger partial charge in [0.15, 0.2) is 0 Å². The van der Waals surface area contributed by atoms with Gasteiger partial charge in [0.25, 0.3) is 5.69 Å². The van der Waals surface area contributed by atoms with Crippen molar-refractivity contribution in [3.05, 3.63) is 38.4 Å². The highest BCUT2D eigenvalue weighted by atomic mass is 31.2. The Hall–Kier alpha value is -2.36. The zero-order valence-electron chi connectivity index (χ0n) is 15.1. The Kier molecular flexibility index (Phi) is 6.96. The van der Waals surface area contributed by atoms with E-state index in [0.717, 1.165) is 12.1 Å². The summed E-state index contributed by atoms with van der Waals surface area (Å²) in [5.74, 6) is 0. The fourth-order valence-corrected chi connectivity index (χ4v) is 3.93. The highest BCUT2D eigenvalue weighted by Crippen LogP contribution is 2.60. The molecule has 11 nitrogen and oxygen atoms in total. The van der Waals surface area contributed by atoms with Crippen LogP contribution in [0.5, 0.6) is 0 Å². The Labute approximate surface area is 150 Å². The SMILES string of the molecule is COP(=O)(OC)C(C)(C)CC(C)=NNc1ccc([N+](=O)[O-])cc1[N+](=O)[O-]. The van der Waals surface area contributed by atoms with Crippen LogP contribution in [0.1, 0.15) is 27.2 Å². The summed E-state index contributed by atoms with van der Waals surface area (Å²) in [5.41, 5.74) is 2.13. The smallest absolute Gasteiger partial charge is 0.312 e. The van der Waals surface area contributed by atoms with E-state index in [1.54, 1.807) is 20.8 Å². The molecule has 0 amide bonds. The second-order valence-electron chi connectivity index (χ2n) is 6.03. The molecule has 0 saturated heterocycles. The van der Waals surface area contributed by atoms with E-state index in [1.807, 2.05) is 0 Å². The van der Waals surface area contributed by atoms with Crippen molar-refractivity contribution in [2.24, 2.45) is 5.10 Å². The van der Waals surface area contributed by atoms with Crippen molar-refractivity contribution in [3.8, 4) is 0 Å². The fourth-order valence-electron chi connectivity index (χ4n) is 2.37. The highest BCUT2D eigenvalue weighted by molar-refractivity contribution is 7.55. The lowest BCUT2D eigenvalue weighted by atomic mass is 10.1. The molecule has 1 aromatic carbocycles.